The molecular weight excluding hydrogens is 295 g/mol. The maximum Gasteiger partial charge on any atom is 0.322 e. The molecule has 0 spiro atoms. The monoisotopic (exact) mass is 314 g/mol. The number of benzene rings is 2. The van der Waals surface area contributed by atoms with Gasteiger partial charge >= 0.3 is 6.03 Å². The summed E-state index contributed by atoms with van der Waals surface area (Å²) in [6.07, 6.45) is 0.864. The Morgan fingerprint density at radius 1 is 1.30 bits per heavy atom. The molecule has 0 fully saturated rings. The topological polar surface area (TPSA) is 41.6 Å². The number of halogens is 1. The molecule has 0 aromatic heterocycles. The number of amides is 2. The van der Waals surface area contributed by atoms with Crippen LogP contribution in [-0.2, 0) is 6.42 Å². The minimum absolute atomic E-state index is 0.134. The molecule has 2 aromatic rings. The average molecular weight is 314 g/mol. The molecule has 1 N–H and O–H groups in total. The van der Waals surface area contributed by atoms with Gasteiger partial charge in [-0.25, -0.2) is 9.18 Å². The van der Waals surface area contributed by atoms with Crippen molar-refractivity contribution in [1.82, 2.24) is 5.32 Å². The number of nitrogens with zero attached hydrogens (tertiary/aromatic N) is 1. The molecule has 3 rings (SSSR count). The lowest BCUT2D eigenvalue weighted by atomic mass is 10.1. The van der Waals surface area contributed by atoms with Crippen molar-refractivity contribution < 1.29 is 13.9 Å². The third kappa shape index (κ3) is 3.44. The summed E-state index contributed by atoms with van der Waals surface area (Å²) in [5.74, 6) is 0.119. The van der Waals surface area contributed by atoms with Crippen molar-refractivity contribution >= 4 is 11.7 Å². The van der Waals surface area contributed by atoms with Crippen LogP contribution < -0.4 is 15.0 Å². The highest BCUT2D eigenvalue weighted by Gasteiger charge is 2.30. The van der Waals surface area contributed by atoms with Crippen molar-refractivity contribution in [2.24, 2.45) is 0 Å². The van der Waals surface area contributed by atoms with Crippen LogP contribution in [-0.4, -0.2) is 25.2 Å². The summed E-state index contributed by atoms with van der Waals surface area (Å²) in [6, 6.07) is 13.9. The van der Waals surface area contributed by atoms with Crippen LogP contribution in [0.4, 0.5) is 14.9 Å². The molecule has 4 nitrogen and oxygen atoms in total. The Hall–Kier alpha value is -2.56. The molecule has 1 aliphatic rings. The largest absolute Gasteiger partial charge is 0.492 e. The molecule has 2 aromatic carbocycles. The van der Waals surface area contributed by atoms with Crippen molar-refractivity contribution in [1.29, 1.82) is 0 Å². The maximum absolute atomic E-state index is 13.0. The van der Waals surface area contributed by atoms with E-state index in [1.165, 1.54) is 17.7 Å². The van der Waals surface area contributed by atoms with Crippen molar-refractivity contribution in [3.8, 4) is 5.75 Å². The van der Waals surface area contributed by atoms with Crippen LogP contribution in [0.25, 0.3) is 0 Å². The number of carbonyl (C=O) groups excluding carboxylic acids is 1. The molecule has 0 saturated heterocycles. The Labute approximate surface area is 134 Å². The molecule has 1 unspecified atom stereocenters. The van der Waals surface area contributed by atoms with Gasteiger partial charge in [-0.3, -0.25) is 4.90 Å². The number of carbonyl (C=O) groups is 1. The van der Waals surface area contributed by atoms with Crippen LogP contribution in [0.3, 0.4) is 0 Å². The molecule has 23 heavy (non-hydrogen) atoms. The summed E-state index contributed by atoms with van der Waals surface area (Å²) in [6.45, 7) is 2.68. The van der Waals surface area contributed by atoms with E-state index < -0.39 is 0 Å². The minimum atomic E-state index is -0.339. The number of nitrogens with one attached hydrogen (secondary N) is 1. The number of fused-ring (bicyclic) bond motifs is 1. The average Bonchev–Trinajstić information content (AvgIpc) is 2.87. The highest BCUT2D eigenvalue weighted by molar-refractivity contribution is 5.94. The fourth-order valence-electron chi connectivity index (χ4n) is 2.84. The Kier molecular flexibility index (Phi) is 4.46. The van der Waals surface area contributed by atoms with Gasteiger partial charge in [0.25, 0.3) is 0 Å². The molecular formula is C18H19FN2O2. The second-order valence-electron chi connectivity index (χ2n) is 5.59. The summed E-state index contributed by atoms with van der Waals surface area (Å²) in [5.41, 5.74) is 2.15. The summed E-state index contributed by atoms with van der Waals surface area (Å²) < 4.78 is 18.5. The Morgan fingerprint density at radius 2 is 2.13 bits per heavy atom. The van der Waals surface area contributed by atoms with Crippen LogP contribution in [0.5, 0.6) is 5.75 Å². The summed E-state index contributed by atoms with van der Waals surface area (Å²) >= 11 is 0. The van der Waals surface area contributed by atoms with Gasteiger partial charge in [0.1, 0.15) is 18.2 Å². The fraction of sp³-hybridized carbons (Fsp3) is 0.278. The highest BCUT2D eigenvalue weighted by atomic mass is 19.1. The normalized spacial score (nSPS) is 16.1. The zero-order chi connectivity index (χ0) is 16.2. The van der Waals surface area contributed by atoms with Crippen LogP contribution in [0.15, 0.2) is 48.5 Å². The Morgan fingerprint density at radius 3 is 2.96 bits per heavy atom. The van der Waals surface area contributed by atoms with Crippen LogP contribution in [0.1, 0.15) is 12.5 Å². The van der Waals surface area contributed by atoms with Crippen molar-refractivity contribution in [2.75, 3.05) is 18.1 Å². The van der Waals surface area contributed by atoms with E-state index in [0.29, 0.717) is 18.9 Å². The first-order valence-electron chi connectivity index (χ1n) is 7.68. The number of para-hydroxylation sites is 1. The Bertz CT molecular complexity index is 705. The van der Waals surface area contributed by atoms with E-state index in [1.807, 2.05) is 31.2 Å². The molecule has 0 saturated carbocycles. The first-order chi connectivity index (χ1) is 11.1. The molecule has 1 atom stereocenters. The van der Waals surface area contributed by atoms with Gasteiger partial charge in [0.2, 0.25) is 0 Å². The van der Waals surface area contributed by atoms with E-state index >= 15 is 0 Å². The van der Waals surface area contributed by atoms with E-state index in [4.69, 9.17) is 4.74 Å². The lowest BCUT2D eigenvalue weighted by Gasteiger charge is -2.23. The quantitative estimate of drug-likeness (QED) is 0.879. The molecule has 1 aliphatic heterocycles. The van der Waals surface area contributed by atoms with Gasteiger partial charge in [0.05, 0.1) is 6.54 Å². The van der Waals surface area contributed by atoms with E-state index in [-0.39, 0.29) is 17.9 Å². The number of ether oxygens (including phenoxy) is 1. The summed E-state index contributed by atoms with van der Waals surface area (Å²) in [7, 11) is 0. The van der Waals surface area contributed by atoms with Gasteiger partial charge < -0.3 is 10.1 Å². The maximum atomic E-state index is 13.0. The van der Waals surface area contributed by atoms with Crippen molar-refractivity contribution in [2.45, 2.75) is 19.4 Å². The summed E-state index contributed by atoms with van der Waals surface area (Å²) in [5, 5.41) is 2.85. The fourth-order valence-corrected chi connectivity index (χ4v) is 2.84. The third-order valence-corrected chi connectivity index (χ3v) is 3.87. The van der Waals surface area contributed by atoms with E-state index in [2.05, 4.69) is 5.32 Å². The van der Waals surface area contributed by atoms with Gasteiger partial charge in [0, 0.05) is 17.8 Å². The smallest absolute Gasteiger partial charge is 0.322 e. The predicted octanol–water partition coefficient (Wildman–Crippen LogP) is 3.37. The SMILES string of the molecule is CC1Cc2ccccc2N1C(=O)NCCOc1cccc(F)c1. The molecule has 2 amide bonds. The zero-order valence-electron chi connectivity index (χ0n) is 13.0. The first kappa shape index (κ1) is 15.3. The van der Waals surface area contributed by atoms with Gasteiger partial charge in [-0.05, 0) is 37.1 Å². The van der Waals surface area contributed by atoms with Crippen LogP contribution in [0, 0.1) is 5.82 Å². The molecule has 0 aliphatic carbocycles. The lowest BCUT2D eigenvalue weighted by molar-refractivity contribution is 0.240. The van der Waals surface area contributed by atoms with Gasteiger partial charge in [-0.1, -0.05) is 24.3 Å². The van der Waals surface area contributed by atoms with E-state index in [0.717, 1.165) is 12.1 Å². The molecule has 1 heterocycles. The molecule has 120 valence electrons. The predicted molar refractivity (Wildman–Crippen MR) is 87.4 cm³/mol. The van der Waals surface area contributed by atoms with Gasteiger partial charge in [-0.15, -0.1) is 0 Å². The lowest BCUT2D eigenvalue weighted by Crippen LogP contribution is -2.44. The second kappa shape index (κ2) is 6.69. The number of rotatable bonds is 4. The number of hydrogen-bond donors (Lipinski definition) is 1. The van der Waals surface area contributed by atoms with Gasteiger partial charge in [0.15, 0.2) is 0 Å². The Balaban J connectivity index is 1.52. The standard InChI is InChI=1S/C18H19FN2O2/c1-13-11-14-5-2-3-8-17(14)21(13)18(22)20-9-10-23-16-7-4-6-15(19)12-16/h2-8,12-13H,9-11H2,1H3,(H,20,22). The first-order valence-corrected chi connectivity index (χ1v) is 7.68. The zero-order valence-corrected chi connectivity index (χ0v) is 13.0. The highest BCUT2D eigenvalue weighted by Crippen LogP contribution is 2.31. The second-order valence-corrected chi connectivity index (χ2v) is 5.59. The summed E-state index contributed by atoms with van der Waals surface area (Å²) in [4.78, 5) is 14.2. The van der Waals surface area contributed by atoms with E-state index in [1.54, 1.807) is 17.0 Å². The third-order valence-electron chi connectivity index (χ3n) is 3.87. The molecule has 5 heteroatoms. The number of anilines is 1. The van der Waals surface area contributed by atoms with Crippen LogP contribution >= 0.6 is 0 Å². The minimum Gasteiger partial charge on any atom is -0.492 e. The molecule has 0 bridgehead atoms. The van der Waals surface area contributed by atoms with E-state index in [9.17, 15) is 9.18 Å². The van der Waals surface area contributed by atoms with Gasteiger partial charge in [-0.2, -0.15) is 0 Å². The number of hydrogen-bond acceptors (Lipinski definition) is 2. The molecule has 0 radical (unpaired) electrons. The number of urea groups is 1. The van der Waals surface area contributed by atoms with Crippen LogP contribution in [0.2, 0.25) is 0 Å². The van der Waals surface area contributed by atoms with Crippen molar-refractivity contribution in [3.63, 3.8) is 0 Å². The van der Waals surface area contributed by atoms with Crippen molar-refractivity contribution in [3.05, 3.63) is 59.9 Å².